The summed E-state index contributed by atoms with van der Waals surface area (Å²) >= 11 is 2.88. The summed E-state index contributed by atoms with van der Waals surface area (Å²) in [4.78, 5) is 2.60. The van der Waals surface area contributed by atoms with Crippen LogP contribution in [0.3, 0.4) is 0 Å². The van der Waals surface area contributed by atoms with E-state index in [2.05, 4.69) is 4.72 Å². The number of hydrogen-bond acceptors (Lipinski definition) is 6. The standard InChI is InChI=1S/C18H19NO4S3/c1-2-23-14-6-3-4-8-17(14)26(21,22)19-12-13-9-10-16(25-13)18(20)15-7-5-11-24-15/h3-11,18-20H,2,12H2,1H3. The van der Waals surface area contributed by atoms with Crippen molar-refractivity contribution >= 4 is 32.7 Å². The monoisotopic (exact) mass is 409 g/mol. The molecule has 1 atom stereocenters. The second kappa shape index (κ2) is 8.32. The van der Waals surface area contributed by atoms with Crippen LogP contribution in [0.2, 0.25) is 0 Å². The number of benzene rings is 1. The molecule has 1 unspecified atom stereocenters. The molecule has 3 aromatic rings. The summed E-state index contributed by atoms with van der Waals surface area (Å²) < 4.78 is 33.2. The van der Waals surface area contributed by atoms with Crippen molar-refractivity contribution in [3.63, 3.8) is 0 Å². The Hall–Kier alpha value is -1.71. The number of hydrogen-bond donors (Lipinski definition) is 2. The smallest absolute Gasteiger partial charge is 0.244 e. The van der Waals surface area contributed by atoms with Crippen molar-refractivity contribution in [3.05, 3.63) is 68.5 Å². The normalized spacial score (nSPS) is 12.8. The average molecular weight is 410 g/mol. The highest BCUT2D eigenvalue weighted by molar-refractivity contribution is 7.89. The first-order valence-electron chi connectivity index (χ1n) is 8.03. The summed E-state index contributed by atoms with van der Waals surface area (Å²) in [5, 5.41) is 12.3. The maximum absolute atomic E-state index is 12.6. The van der Waals surface area contributed by atoms with E-state index in [-0.39, 0.29) is 11.4 Å². The molecule has 0 aliphatic carbocycles. The van der Waals surface area contributed by atoms with Crippen LogP contribution in [0, 0.1) is 0 Å². The van der Waals surface area contributed by atoms with Gasteiger partial charge in [0.2, 0.25) is 10.0 Å². The molecule has 0 aliphatic rings. The third-order valence-electron chi connectivity index (χ3n) is 3.64. The molecule has 26 heavy (non-hydrogen) atoms. The molecular formula is C18H19NO4S3. The highest BCUT2D eigenvalue weighted by Gasteiger charge is 2.20. The van der Waals surface area contributed by atoms with Crippen molar-refractivity contribution < 1.29 is 18.3 Å². The Morgan fingerprint density at radius 3 is 2.65 bits per heavy atom. The minimum absolute atomic E-state index is 0.122. The summed E-state index contributed by atoms with van der Waals surface area (Å²) in [7, 11) is -3.69. The summed E-state index contributed by atoms with van der Waals surface area (Å²) in [6.45, 7) is 2.36. The fourth-order valence-electron chi connectivity index (χ4n) is 2.41. The topological polar surface area (TPSA) is 75.6 Å². The van der Waals surface area contributed by atoms with Crippen molar-refractivity contribution in [2.24, 2.45) is 0 Å². The number of ether oxygens (including phenoxy) is 1. The zero-order valence-electron chi connectivity index (χ0n) is 14.1. The maximum Gasteiger partial charge on any atom is 0.244 e. The van der Waals surface area contributed by atoms with Gasteiger partial charge in [-0.1, -0.05) is 18.2 Å². The predicted molar refractivity (Wildman–Crippen MR) is 104 cm³/mol. The molecule has 8 heteroatoms. The van der Waals surface area contributed by atoms with E-state index in [1.165, 1.54) is 28.7 Å². The van der Waals surface area contributed by atoms with E-state index in [1.807, 2.05) is 36.6 Å². The van der Waals surface area contributed by atoms with Crippen LogP contribution in [-0.2, 0) is 16.6 Å². The van der Waals surface area contributed by atoms with Crippen LogP contribution in [0.25, 0.3) is 0 Å². The lowest BCUT2D eigenvalue weighted by Crippen LogP contribution is -2.23. The van der Waals surface area contributed by atoms with Gasteiger partial charge >= 0.3 is 0 Å². The van der Waals surface area contributed by atoms with Gasteiger partial charge in [0.15, 0.2) is 0 Å². The highest BCUT2D eigenvalue weighted by Crippen LogP contribution is 2.31. The van der Waals surface area contributed by atoms with E-state index in [4.69, 9.17) is 4.74 Å². The number of nitrogens with one attached hydrogen (secondary N) is 1. The van der Waals surface area contributed by atoms with E-state index >= 15 is 0 Å². The third-order valence-corrected chi connectivity index (χ3v) is 7.14. The fourth-order valence-corrected chi connectivity index (χ4v) is 5.42. The minimum atomic E-state index is -3.69. The fraction of sp³-hybridized carbons (Fsp3) is 0.222. The van der Waals surface area contributed by atoms with E-state index < -0.39 is 16.1 Å². The molecule has 0 radical (unpaired) electrons. The molecule has 0 bridgehead atoms. The van der Waals surface area contributed by atoms with Crippen molar-refractivity contribution in [2.45, 2.75) is 24.5 Å². The largest absolute Gasteiger partial charge is 0.492 e. The van der Waals surface area contributed by atoms with Crippen molar-refractivity contribution in [3.8, 4) is 5.75 Å². The summed E-state index contributed by atoms with van der Waals surface area (Å²) in [5.41, 5.74) is 0. The first-order valence-corrected chi connectivity index (χ1v) is 11.2. The van der Waals surface area contributed by atoms with Crippen LogP contribution in [0.4, 0.5) is 0 Å². The molecule has 0 amide bonds. The second-order valence-electron chi connectivity index (χ2n) is 5.43. The van der Waals surface area contributed by atoms with Crippen LogP contribution >= 0.6 is 22.7 Å². The zero-order valence-corrected chi connectivity index (χ0v) is 16.5. The Morgan fingerprint density at radius 2 is 1.92 bits per heavy atom. The van der Waals surface area contributed by atoms with Crippen LogP contribution in [0.1, 0.15) is 27.7 Å². The molecule has 0 saturated heterocycles. The summed E-state index contributed by atoms with van der Waals surface area (Å²) in [5.74, 6) is 0.336. The zero-order chi connectivity index (χ0) is 18.6. The van der Waals surface area contributed by atoms with Gasteiger partial charge in [-0.05, 0) is 42.6 Å². The lowest BCUT2D eigenvalue weighted by molar-refractivity contribution is 0.228. The van der Waals surface area contributed by atoms with Gasteiger partial charge in [0, 0.05) is 21.2 Å². The van der Waals surface area contributed by atoms with E-state index in [9.17, 15) is 13.5 Å². The summed E-state index contributed by atoms with van der Waals surface area (Å²) in [6, 6.07) is 14.0. The van der Waals surface area contributed by atoms with Crippen LogP contribution in [0.15, 0.2) is 58.8 Å². The first kappa shape index (κ1) is 19.1. The quantitative estimate of drug-likeness (QED) is 0.594. The molecule has 0 fully saturated rings. The number of aliphatic hydroxyl groups excluding tert-OH is 1. The van der Waals surface area contributed by atoms with Gasteiger partial charge in [0.05, 0.1) is 6.61 Å². The number of para-hydroxylation sites is 1. The van der Waals surface area contributed by atoms with Gasteiger partial charge in [-0.3, -0.25) is 0 Å². The number of thiophene rings is 2. The average Bonchev–Trinajstić information content (AvgIpc) is 3.32. The molecule has 0 aliphatic heterocycles. The molecule has 2 heterocycles. The Morgan fingerprint density at radius 1 is 1.12 bits per heavy atom. The Bertz CT molecular complexity index is 948. The number of rotatable bonds is 8. The lowest BCUT2D eigenvalue weighted by Gasteiger charge is -2.11. The molecule has 2 aromatic heterocycles. The second-order valence-corrected chi connectivity index (χ2v) is 9.34. The molecule has 0 spiro atoms. The maximum atomic E-state index is 12.6. The van der Waals surface area contributed by atoms with Crippen molar-refractivity contribution in [1.82, 2.24) is 4.72 Å². The van der Waals surface area contributed by atoms with Crippen LogP contribution < -0.4 is 9.46 Å². The predicted octanol–water partition coefficient (Wildman–Crippen LogP) is 3.77. The van der Waals surface area contributed by atoms with Gasteiger partial charge in [-0.25, -0.2) is 13.1 Å². The van der Waals surface area contributed by atoms with Gasteiger partial charge in [0.1, 0.15) is 16.7 Å². The van der Waals surface area contributed by atoms with Gasteiger partial charge in [-0.15, -0.1) is 22.7 Å². The Kier molecular flexibility index (Phi) is 6.10. The van der Waals surface area contributed by atoms with Gasteiger partial charge in [-0.2, -0.15) is 0 Å². The van der Waals surface area contributed by atoms with Gasteiger partial charge in [0.25, 0.3) is 0 Å². The van der Waals surface area contributed by atoms with E-state index in [0.29, 0.717) is 12.4 Å². The molecule has 3 rings (SSSR count). The first-order chi connectivity index (χ1) is 12.5. The number of sulfonamides is 1. The molecule has 2 N–H and O–H groups in total. The molecule has 5 nitrogen and oxygen atoms in total. The van der Waals surface area contributed by atoms with E-state index in [0.717, 1.165) is 14.6 Å². The Labute approximate surface area is 161 Å². The minimum Gasteiger partial charge on any atom is -0.492 e. The summed E-state index contributed by atoms with van der Waals surface area (Å²) in [6.07, 6.45) is -0.677. The lowest BCUT2D eigenvalue weighted by atomic mass is 10.2. The highest BCUT2D eigenvalue weighted by atomic mass is 32.2. The van der Waals surface area contributed by atoms with Crippen molar-refractivity contribution in [2.75, 3.05) is 6.61 Å². The molecular weight excluding hydrogens is 390 g/mol. The van der Waals surface area contributed by atoms with Crippen LogP contribution in [0.5, 0.6) is 5.75 Å². The number of aliphatic hydroxyl groups is 1. The molecule has 1 aromatic carbocycles. The van der Waals surface area contributed by atoms with Crippen molar-refractivity contribution in [1.29, 1.82) is 0 Å². The Balaban J connectivity index is 1.71. The van der Waals surface area contributed by atoms with Gasteiger partial charge < -0.3 is 9.84 Å². The van der Waals surface area contributed by atoms with Crippen LogP contribution in [-0.4, -0.2) is 20.1 Å². The molecule has 138 valence electrons. The molecule has 0 saturated carbocycles. The van der Waals surface area contributed by atoms with E-state index in [1.54, 1.807) is 18.2 Å². The SMILES string of the molecule is CCOc1ccccc1S(=O)(=O)NCc1ccc(C(O)c2cccs2)s1. The third kappa shape index (κ3) is 4.33.